The van der Waals surface area contributed by atoms with Crippen LogP contribution in [0.5, 0.6) is 0 Å². The molecule has 0 unspecified atom stereocenters. The maximum Gasteiger partial charge on any atom is 0.335 e. The smallest absolute Gasteiger partial charge is 0.309 e. The first-order valence-corrected chi connectivity index (χ1v) is 13.5. The lowest BCUT2D eigenvalue weighted by molar-refractivity contribution is 0.217. The third-order valence-electron chi connectivity index (χ3n) is 3.27. The molecule has 10 heteroatoms. The molecule has 1 rings (SSSR count). The van der Waals surface area contributed by atoms with Crippen molar-refractivity contribution < 1.29 is 27.2 Å². The van der Waals surface area contributed by atoms with Crippen LogP contribution in [0.3, 0.4) is 0 Å². The zero-order chi connectivity index (χ0) is 19.8. The van der Waals surface area contributed by atoms with Gasteiger partial charge in [-0.2, -0.15) is 0 Å². The largest absolute Gasteiger partial charge is 0.335 e. The lowest BCUT2D eigenvalue weighted by atomic mass is 10.1. The lowest BCUT2D eigenvalue weighted by Gasteiger charge is -2.22. The summed E-state index contributed by atoms with van der Waals surface area (Å²) in [5.41, 5.74) is 1.43. The average Bonchev–Trinajstić information content (AvgIpc) is 2.53. The number of benzene rings is 1. The minimum atomic E-state index is -3.31. The van der Waals surface area contributed by atoms with E-state index in [1.807, 2.05) is 12.1 Å². The minimum Gasteiger partial charge on any atom is -0.309 e. The predicted octanol–water partition coefficient (Wildman–Crippen LogP) is 6.74. The van der Waals surface area contributed by atoms with Gasteiger partial charge in [0.05, 0.1) is 38.8 Å². The van der Waals surface area contributed by atoms with Gasteiger partial charge in [0.1, 0.15) is 0 Å². The zero-order valence-electron chi connectivity index (χ0n) is 15.5. The van der Waals surface area contributed by atoms with E-state index < -0.39 is 15.2 Å². The Kier molecular flexibility index (Phi) is 10.8. The van der Waals surface area contributed by atoms with Gasteiger partial charge in [0, 0.05) is 8.95 Å². The highest BCUT2D eigenvalue weighted by atomic mass is 79.9. The molecule has 0 aliphatic rings. The molecule has 0 aliphatic carbocycles. The molecule has 0 aliphatic heterocycles. The molecule has 150 valence electrons. The third-order valence-corrected chi connectivity index (χ3v) is 9.18. The lowest BCUT2D eigenvalue weighted by Crippen LogP contribution is -2.05. The fourth-order valence-electron chi connectivity index (χ4n) is 2.38. The number of hydrogen-bond acceptors (Lipinski definition) is 6. The van der Waals surface area contributed by atoms with Gasteiger partial charge in [-0.15, -0.1) is 0 Å². The molecule has 0 spiro atoms. The maximum atomic E-state index is 12.9. The summed E-state index contributed by atoms with van der Waals surface area (Å²) in [7, 11) is -6.61. The highest BCUT2D eigenvalue weighted by Gasteiger charge is 2.30. The first kappa shape index (κ1) is 24.5. The molecule has 0 aromatic heterocycles. The Morgan fingerprint density at radius 1 is 0.692 bits per heavy atom. The van der Waals surface area contributed by atoms with Crippen LogP contribution in [0.25, 0.3) is 0 Å². The summed E-state index contributed by atoms with van der Waals surface area (Å²) in [4.78, 5) is 0. The number of hydrogen-bond donors (Lipinski definition) is 0. The van der Waals surface area contributed by atoms with Gasteiger partial charge >= 0.3 is 15.2 Å². The second-order valence-electron chi connectivity index (χ2n) is 5.24. The van der Waals surface area contributed by atoms with Gasteiger partial charge < -0.3 is 18.1 Å². The molecule has 0 heterocycles. The zero-order valence-corrected chi connectivity index (χ0v) is 20.5. The molecule has 1 aromatic carbocycles. The van der Waals surface area contributed by atoms with Gasteiger partial charge in [-0.05, 0) is 82.8 Å². The van der Waals surface area contributed by atoms with Gasteiger partial charge in [0.25, 0.3) is 0 Å². The topological polar surface area (TPSA) is 71.1 Å². The highest BCUT2D eigenvalue weighted by molar-refractivity contribution is 9.13. The first-order valence-electron chi connectivity index (χ1n) is 8.45. The van der Waals surface area contributed by atoms with Crippen LogP contribution >= 0.6 is 47.1 Å². The molecule has 0 saturated carbocycles. The Morgan fingerprint density at radius 3 is 1.19 bits per heavy atom. The van der Waals surface area contributed by atoms with Crippen LogP contribution in [0.15, 0.2) is 21.1 Å². The van der Waals surface area contributed by atoms with Gasteiger partial charge in [-0.3, -0.25) is 9.13 Å². The van der Waals surface area contributed by atoms with Crippen molar-refractivity contribution in [2.45, 2.75) is 40.0 Å². The van der Waals surface area contributed by atoms with E-state index in [0.29, 0.717) is 11.1 Å². The van der Waals surface area contributed by atoms with Crippen molar-refractivity contribution in [1.29, 1.82) is 0 Å². The van der Waals surface area contributed by atoms with Crippen molar-refractivity contribution >= 4 is 47.1 Å². The van der Waals surface area contributed by atoms with Crippen molar-refractivity contribution in [1.82, 2.24) is 0 Å². The molecule has 1 aromatic rings. The summed E-state index contributed by atoms with van der Waals surface area (Å²) in [6, 6.07) is 3.65. The van der Waals surface area contributed by atoms with Gasteiger partial charge in [-0.25, -0.2) is 0 Å². The van der Waals surface area contributed by atoms with E-state index in [0.717, 1.165) is 8.95 Å². The molecule has 0 saturated heterocycles. The van der Waals surface area contributed by atoms with Crippen LogP contribution in [0, 0.1) is 0 Å². The van der Waals surface area contributed by atoms with E-state index in [-0.39, 0.29) is 38.8 Å². The van der Waals surface area contributed by atoms with Crippen molar-refractivity contribution in [2.75, 3.05) is 26.4 Å². The molecular formula is C16H26Br2O6P2. The second kappa shape index (κ2) is 11.5. The molecule has 0 N–H and O–H groups in total. The summed E-state index contributed by atoms with van der Waals surface area (Å²) in [6.45, 7) is 8.18. The summed E-state index contributed by atoms with van der Waals surface area (Å²) >= 11 is 6.91. The van der Waals surface area contributed by atoms with Gasteiger partial charge in [0.15, 0.2) is 0 Å². The Morgan fingerprint density at radius 2 is 0.962 bits per heavy atom. The Bertz CT molecular complexity index is 606. The van der Waals surface area contributed by atoms with Crippen LogP contribution < -0.4 is 0 Å². The fourth-order valence-corrected chi connectivity index (χ4v) is 6.68. The van der Waals surface area contributed by atoms with Crippen molar-refractivity contribution in [3.8, 4) is 0 Å². The summed E-state index contributed by atoms with van der Waals surface area (Å²) in [5, 5.41) is 0. The summed E-state index contributed by atoms with van der Waals surface area (Å²) in [5.74, 6) is 0. The second-order valence-corrected chi connectivity index (χ2v) is 11.1. The van der Waals surface area contributed by atoms with Gasteiger partial charge in [0.2, 0.25) is 0 Å². The first-order chi connectivity index (χ1) is 12.2. The van der Waals surface area contributed by atoms with Crippen molar-refractivity contribution in [2.24, 2.45) is 0 Å². The van der Waals surface area contributed by atoms with E-state index in [1.54, 1.807) is 27.7 Å². The molecule has 0 fully saturated rings. The van der Waals surface area contributed by atoms with Crippen LogP contribution in [0.1, 0.15) is 38.8 Å². The standard InChI is InChI=1S/C16H26Br2O6P2/c1-5-21-25(19,22-6-2)11-13-9-15(17)16(18)10-14(13)12-26(20,23-7-3)24-8-4/h9-10H,5-8,11-12H2,1-4H3. The van der Waals surface area contributed by atoms with Crippen molar-refractivity contribution in [3.63, 3.8) is 0 Å². The molecule has 6 nitrogen and oxygen atoms in total. The fraction of sp³-hybridized carbons (Fsp3) is 0.625. The van der Waals surface area contributed by atoms with E-state index in [4.69, 9.17) is 18.1 Å². The van der Waals surface area contributed by atoms with E-state index in [1.165, 1.54) is 0 Å². The third kappa shape index (κ3) is 7.48. The van der Waals surface area contributed by atoms with Crippen molar-refractivity contribution in [3.05, 3.63) is 32.2 Å². The number of rotatable bonds is 12. The Labute approximate surface area is 172 Å². The SMILES string of the molecule is CCOP(=O)(Cc1cc(Br)c(Br)cc1CP(=O)(OCC)OCC)OCC. The molecule has 0 radical (unpaired) electrons. The Hall–Kier alpha value is 0.480. The molecular weight excluding hydrogens is 510 g/mol. The van der Waals surface area contributed by atoms with Crippen LogP contribution in [0.4, 0.5) is 0 Å². The van der Waals surface area contributed by atoms with Crippen LogP contribution in [-0.2, 0) is 39.5 Å². The molecule has 0 amide bonds. The normalized spacial score (nSPS) is 12.5. The predicted molar refractivity (Wildman–Crippen MR) is 111 cm³/mol. The molecule has 0 atom stereocenters. The maximum absolute atomic E-state index is 12.9. The quantitative estimate of drug-likeness (QED) is 0.276. The van der Waals surface area contributed by atoms with E-state index in [9.17, 15) is 9.13 Å². The molecule has 0 bridgehead atoms. The van der Waals surface area contributed by atoms with E-state index >= 15 is 0 Å². The minimum absolute atomic E-state index is 0.0775. The highest BCUT2D eigenvalue weighted by Crippen LogP contribution is 2.55. The summed E-state index contributed by atoms with van der Waals surface area (Å²) < 4.78 is 49.1. The van der Waals surface area contributed by atoms with Crippen LogP contribution in [0.2, 0.25) is 0 Å². The molecule has 26 heavy (non-hydrogen) atoms. The number of halogens is 2. The summed E-state index contributed by atoms with van der Waals surface area (Å²) in [6.07, 6.45) is 0.155. The Balaban J connectivity index is 3.29. The van der Waals surface area contributed by atoms with Gasteiger partial charge in [-0.1, -0.05) is 0 Å². The monoisotopic (exact) mass is 534 g/mol. The average molecular weight is 536 g/mol. The van der Waals surface area contributed by atoms with Crippen LogP contribution in [-0.4, -0.2) is 26.4 Å². The van der Waals surface area contributed by atoms with E-state index in [2.05, 4.69) is 31.9 Å².